The molecule has 0 aromatic heterocycles. The minimum absolute atomic E-state index is 0.0634. The third kappa shape index (κ3) is 70.5. The Morgan fingerprint density at radius 3 is 0.663 bits per heavy atom. The van der Waals surface area contributed by atoms with Crippen molar-refractivity contribution in [2.75, 3.05) is 13.2 Å². The average molecular weight is 1170 g/mol. The van der Waals surface area contributed by atoms with Crippen LogP contribution in [0.1, 0.15) is 432 Å². The summed E-state index contributed by atoms with van der Waals surface area (Å²) in [6.07, 6.45) is 89.4. The normalized spacial score (nSPS) is 12.1. The molecular weight excluding hydrogens is 1020 g/mol. The van der Waals surface area contributed by atoms with E-state index < -0.39 is 6.10 Å². The second-order valence-corrected chi connectivity index (χ2v) is 25.9. The lowest BCUT2D eigenvalue weighted by Crippen LogP contribution is -2.30. The SMILES string of the molecule is CCCCCCC/C=C\C/C=C\CCCCCCCCCCCCCCCCCC(=O)OCC(COC(=O)CCCCCCCCCCCCCCC)OC(=O)CCCCCCCCCCCCCCCCCCCCCCCCCCC. The van der Waals surface area contributed by atoms with E-state index in [1.165, 1.54) is 327 Å². The van der Waals surface area contributed by atoms with Crippen LogP contribution in [0.3, 0.4) is 0 Å². The maximum absolute atomic E-state index is 13.0. The van der Waals surface area contributed by atoms with Crippen LogP contribution in [0.4, 0.5) is 0 Å². The van der Waals surface area contributed by atoms with E-state index in [4.69, 9.17) is 14.2 Å². The fraction of sp³-hybridized carbons (Fsp3) is 0.909. The second-order valence-electron chi connectivity index (χ2n) is 25.9. The molecule has 0 fully saturated rings. The molecule has 0 spiro atoms. The molecule has 0 radical (unpaired) electrons. The molecule has 83 heavy (non-hydrogen) atoms. The van der Waals surface area contributed by atoms with Crippen molar-refractivity contribution >= 4 is 17.9 Å². The van der Waals surface area contributed by atoms with Gasteiger partial charge < -0.3 is 14.2 Å². The van der Waals surface area contributed by atoms with Crippen molar-refractivity contribution in [1.82, 2.24) is 0 Å². The number of ether oxygens (including phenoxy) is 3. The first kappa shape index (κ1) is 80.9. The zero-order valence-corrected chi connectivity index (χ0v) is 56.5. The highest BCUT2D eigenvalue weighted by Gasteiger charge is 2.20. The number of unbranched alkanes of at least 4 members (excludes halogenated alkanes) is 56. The van der Waals surface area contributed by atoms with Crippen LogP contribution < -0.4 is 0 Å². The molecule has 0 aromatic carbocycles. The molecule has 490 valence electrons. The third-order valence-corrected chi connectivity index (χ3v) is 17.5. The Bertz CT molecular complexity index is 1340. The van der Waals surface area contributed by atoms with Crippen molar-refractivity contribution in [3.8, 4) is 0 Å². The number of carbonyl (C=O) groups is 3. The Labute approximate surface area is 519 Å². The maximum atomic E-state index is 13.0. The first-order valence-electron chi connectivity index (χ1n) is 37.8. The molecule has 1 unspecified atom stereocenters. The Kier molecular flexibility index (Phi) is 70.5. The van der Waals surface area contributed by atoms with Gasteiger partial charge in [-0.25, -0.2) is 0 Å². The molecule has 1 atom stereocenters. The fourth-order valence-corrected chi connectivity index (χ4v) is 11.8. The van der Waals surface area contributed by atoms with E-state index in [1.807, 2.05) is 0 Å². The van der Waals surface area contributed by atoms with Gasteiger partial charge in [-0.15, -0.1) is 0 Å². The summed E-state index contributed by atoms with van der Waals surface area (Å²) in [5, 5.41) is 0. The van der Waals surface area contributed by atoms with Crippen molar-refractivity contribution in [1.29, 1.82) is 0 Å². The molecule has 0 amide bonds. The van der Waals surface area contributed by atoms with Crippen LogP contribution in [-0.2, 0) is 28.6 Å². The molecule has 0 N–H and O–H groups in total. The smallest absolute Gasteiger partial charge is 0.306 e. The van der Waals surface area contributed by atoms with Gasteiger partial charge in [0, 0.05) is 19.3 Å². The van der Waals surface area contributed by atoms with Crippen LogP contribution in [0.25, 0.3) is 0 Å². The van der Waals surface area contributed by atoms with Crippen LogP contribution in [0.15, 0.2) is 24.3 Å². The molecule has 0 rings (SSSR count). The van der Waals surface area contributed by atoms with E-state index in [9.17, 15) is 14.4 Å². The van der Waals surface area contributed by atoms with Crippen molar-refractivity contribution in [2.24, 2.45) is 0 Å². The highest BCUT2D eigenvalue weighted by atomic mass is 16.6. The van der Waals surface area contributed by atoms with Crippen molar-refractivity contribution in [3.63, 3.8) is 0 Å². The van der Waals surface area contributed by atoms with Gasteiger partial charge in [0.2, 0.25) is 0 Å². The fourth-order valence-electron chi connectivity index (χ4n) is 11.8. The molecule has 6 heteroatoms. The lowest BCUT2D eigenvalue weighted by molar-refractivity contribution is -0.167. The molecule has 6 nitrogen and oxygen atoms in total. The summed E-state index contributed by atoms with van der Waals surface area (Å²) < 4.78 is 17.0. The molecular formula is C77H146O6. The summed E-state index contributed by atoms with van der Waals surface area (Å²) in [5.41, 5.74) is 0. The zero-order chi connectivity index (χ0) is 59.9. The quantitative estimate of drug-likeness (QED) is 0.0261. The highest BCUT2D eigenvalue weighted by molar-refractivity contribution is 5.71. The van der Waals surface area contributed by atoms with Gasteiger partial charge in [0.25, 0.3) is 0 Å². The first-order valence-corrected chi connectivity index (χ1v) is 37.8. The van der Waals surface area contributed by atoms with E-state index in [0.717, 1.165) is 64.2 Å². The molecule has 0 heterocycles. The van der Waals surface area contributed by atoms with Crippen molar-refractivity contribution in [3.05, 3.63) is 24.3 Å². The van der Waals surface area contributed by atoms with E-state index in [0.29, 0.717) is 19.3 Å². The Hall–Kier alpha value is -2.11. The van der Waals surface area contributed by atoms with E-state index in [1.54, 1.807) is 0 Å². The number of esters is 3. The lowest BCUT2D eigenvalue weighted by Gasteiger charge is -2.18. The predicted molar refractivity (Wildman–Crippen MR) is 363 cm³/mol. The Balaban J connectivity index is 4.18. The van der Waals surface area contributed by atoms with Crippen LogP contribution in [0.2, 0.25) is 0 Å². The summed E-state index contributed by atoms with van der Waals surface area (Å²) in [4.78, 5) is 38.5. The summed E-state index contributed by atoms with van der Waals surface area (Å²) in [7, 11) is 0. The number of hydrogen-bond donors (Lipinski definition) is 0. The Morgan fingerprint density at radius 2 is 0.434 bits per heavy atom. The molecule has 0 aromatic rings. The highest BCUT2D eigenvalue weighted by Crippen LogP contribution is 2.19. The van der Waals surface area contributed by atoms with E-state index in [-0.39, 0.29) is 31.1 Å². The lowest BCUT2D eigenvalue weighted by atomic mass is 10.0. The largest absolute Gasteiger partial charge is 0.462 e. The van der Waals surface area contributed by atoms with Crippen LogP contribution in [0.5, 0.6) is 0 Å². The van der Waals surface area contributed by atoms with Gasteiger partial charge in [-0.3, -0.25) is 14.4 Å². The van der Waals surface area contributed by atoms with Gasteiger partial charge in [-0.05, 0) is 51.4 Å². The van der Waals surface area contributed by atoms with Crippen molar-refractivity contribution < 1.29 is 28.6 Å². The number of hydrogen-bond acceptors (Lipinski definition) is 6. The van der Waals surface area contributed by atoms with Crippen LogP contribution in [-0.4, -0.2) is 37.2 Å². The monoisotopic (exact) mass is 1170 g/mol. The average Bonchev–Trinajstić information content (AvgIpc) is 3.49. The number of carbonyl (C=O) groups excluding carboxylic acids is 3. The molecule has 0 saturated heterocycles. The van der Waals surface area contributed by atoms with Gasteiger partial charge in [0.1, 0.15) is 13.2 Å². The van der Waals surface area contributed by atoms with E-state index in [2.05, 4.69) is 45.1 Å². The summed E-state index contributed by atoms with van der Waals surface area (Å²) >= 11 is 0. The molecule has 0 aliphatic rings. The second kappa shape index (κ2) is 72.4. The third-order valence-electron chi connectivity index (χ3n) is 17.5. The van der Waals surface area contributed by atoms with Gasteiger partial charge in [0.15, 0.2) is 6.10 Å². The number of allylic oxidation sites excluding steroid dienone is 4. The van der Waals surface area contributed by atoms with Gasteiger partial charge in [-0.1, -0.05) is 385 Å². The van der Waals surface area contributed by atoms with Gasteiger partial charge in [0.05, 0.1) is 0 Å². The first-order chi connectivity index (χ1) is 41.0. The van der Waals surface area contributed by atoms with Crippen LogP contribution in [0, 0.1) is 0 Å². The molecule has 0 aliphatic heterocycles. The Morgan fingerprint density at radius 1 is 0.241 bits per heavy atom. The summed E-state index contributed by atoms with van der Waals surface area (Å²) in [5.74, 6) is -0.826. The molecule has 0 saturated carbocycles. The summed E-state index contributed by atoms with van der Waals surface area (Å²) in [6.45, 7) is 6.72. The standard InChI is InChI=1S/C77H146O6/c1-4-7-10-13-16-19-22-25-27-29-31-33-35-37-38-40-41-43-45-47-49-52-55-58-61-64-67-70-76(79)82-73-74(72-81-75(78)69-66-63-60-57-54-51-24-21-18-15-12-9-6-3)83-77(80)71-68-65-62-59-56-53-50-48-46-44-42-39-36-34-32-30-28-26-23-20-17-14-11-8-5-2/h22,25,29,31,74H,4-21,23-24,26-28,30,32-73H2,1-3H3/b25-22-,31-29-. The zero-order valence-electron chi connectivity index (χ0n) is 56.5. The predicted octanol–water partition coefficient (Wildman–Crippen LogP) is 26.1. The van der Waals surface area contributed by atoms with Gasteiger partial charge >= 0.3 is 17.9 Å². The van der Waals surface area contributed by atoms with Gasteiger partial charge in [-0.2, -0.15) is 0 Å². The molecule has 0 bridgehead atoms. The number of rotatable bonds is 71. The minimum Gasteiger partial charge on any atom is -0.462 e. The molecule has 0 aliphatic carbocycles. The van der Waals surface area contributed by atoms with E-state index >= 15 is 0 Å². The topological polar surface area (TPSA) is 78.9 Å². The minimum atomic E-state index is -0.767. The maximum Gasteiger partial charge on any atom is 0.306 e. The summed E-state index contributed by atoms with van der Waals surface area (Å²) in [6, 6.07) is 0. The van der Waals surface area contributed by atoms with Crippen LogP contribution >= 0.6 is 0 Å². The van der Waals surface area contributed by atoms with Crippen molar-refractivity contribution in [2.45, 2.75) is 438 Å².